The van der Waals surface area contributed by atoms with Crippen LogP contribution in [-0.4, -0.2) is 32.7 Å². The van der Waals surface area contributed by atoms with Crippen LogP contribution in [0.25, 0.3) is 0 Å². The molecule has 0 fully saturated rings. The molecule has 0 rings (SSSR count). The van der Waals surface area contributed by atoms with E-state index in [9.17, 15) is 0 Å². The van der Waals surface area contributed by atoms with E-state index in [1.54, 1.807) is 0 Å². The fraction of sp³-hybridized carbons (Fsp3) is 1.00. The second kappa shape index (κ2) is 6.52. The summed E-state index contributed by atoms with van der Waals surface area (Å²) in [4.78, 5) is 0. The van der Waals surface area contributed by atoms with Gasteiger partial charge in [-0.15, -0.1) is 0 Å². The summed E-state index contributed by atoms with van der Waals surface area (Å²) in [5.41, 5.74) is 0. The second-order valence-corrected chi connectivity index (χ2v) is 7.69. The molecule has 0 aromatic carbocycles. The molecular formula is C9H21SiSn. The average molecular weight is 276 g/mol. The van der Waals surface area contributed by atoms with E-state index in [1.807, 2.05) is 0 Å². The van der Waals surface area contributed by atoms with Gasteiger partial charge in [-0.25, -0.2) is 0 Å². The van der Waals surface area contributed by atoms with E-state index >= 15 is 0 Å². The summed E-state index contributed by atoms with van der Waals surface area (Å²) < 4.78 is 0. The molecule has 0 atom stereocenters. The summed E-state index contributed by atoms with van der Waals surface area (Å²) in [5.74, 6) is 0. The Bertz CT molecular complexity index is 86.1. The molecule has 11 heavy (non-hydrogen) atoms. The van der Waals surface area contributed by atoms with Crippen molar-refractivity contribution >= 4 is 32.7 Å². The summed E-state index contributed by atoms with van der Waals surface area (Å²) >= 11 is 0. The molecule has 0 aliphatic rings. The molecule has 0 amide bonds. The van der Waals surface area contributed by atoms with Gasteiger partial charge >= 0.3 is 0 Å². The quantitative estimate of drug-likeness (QED) is 0.693. The topological polar surface area (TPSA) is 0 Å². The Hall–Kier alpha value is 1.02. The Morgan fingerprint density at radius 2 is 1.64 bits per heavy atom. The SMILES string of the molecule is CCCC[Si](C)C(C)(C)C.[Sn]. The van der Waals surface area contributed by atoms with Crippen molar-refractivity contribution in [1.29, 1.82) is 0 Å². The molecule has 0 aliphatic heterocycles. The molecule has 0 nitrogen and oxygen atoms in total. The van der Waals surface area contributed by atoms with Gasteiger partial charge in [0, 0.05) is 23.9 Å². The monoisotopic (exact) mass is 277 g/mol. The number of hydrogen-bond donors (Lipinski definition) is 0. The van der Waals surface area contributed by atoms with E-state index in [0.29, 0.717) is 5.04 Å². The minimum Gasteiger partial charge on any atom is -0.0707 e. The molecule has 5 radical (unpaired) electrons. The van der Waals surface area contributed by atoms with Gasteiger partial charge in [-0.3, -0.25) is 0 Å². The average Bonchev–Trinajstić information content (AvgIpc) is 1.80. The van der Waals surface area contributed by atoms with Crippen LogP contribution in [0.1, 0.15) is 40.5 Å². The normalized spacial score (nSPS) is 11.5. The van der Waals surface area contributed by atoms with Crippen LogP contribution >= 0.6 is 0 Å². The van der Waals surface area contributed by atoms with Gasteiger partial charge in [-0.2, -0.15) is 0 Å². The molecule has 2 heteroatoms. The smallest absolute Gasteiger partial charge is 0.0503 e. The Morgan fingerprint density at radius 3 is 1.91 bits per heavy atom. The molecule has 0 aromatic rings. The van der Waals surface area contributed by atoms with Crippen molar-refractivity contribution in [2.75, 3.05) is 0 Å². The minimum atomic E-state index is -0.0678. The molecule has 0 N–H and O–H groups in total. The maximum atomic E-state index is 2.46. The van der Waals surface area contributed by atoms with Crippen molar-refractivity contribution < 1.29 is 0 Å². The summed E-state index contributed by atoms with van der Waals surface area (Å²) in [6.07, 6.45) is 2.79. The van der Waals surface area contributed by atoms with Gasteiger partial charge in [-0.1, -0.05) is 53.1 Å². The van der Waals surface area contributed by atoms with Crippen LogP contribution in [0.5, 0.6) is 0 Å². The maximum Gasteiger partial charge on any atom is 0.0503 e. The van der Waals surface area contributed by atoms with Crippen molar-refractivity contribution in [2.24, 2.45) is 0 Å². The maximum absolute atomic E-state index is 2.46. The van der Waals surface area contributed by atoms with Gasteiger partial charge in [-0.05, 0) is 5.04 Å². The molecule has 65 valence electrons. The minimum absolute atomic E-state index is 0. The molecule has 0 heterocycles. The first-order valence-electron chi connectivity index (χ1n) is 4.31. The third-order valence-corrected chi connectivity index (χ3v) is 5.85. The van der Waals surface area contributed by atoms with Crippen LogP contribution in [0.15, 0.2) is 0 Å². The zero-order valence-corrected chi connectivity index (χ0v) is 12.5. The van der Waals surface area contributed by atoms with Crippen LogP contribution in [0.4, 0.5) is 0 Å². The predicted molar refractivity (Wildman–Crippen MR) is 56.8 cm³/mol. The van der Waals surface area contributed by atoms with Gasteiger partial charge in [0.1, 0.15) is 0 Å². The first kappa shape index (κ1) is 14.5. The molecule has 0 aromatic heterocycles. The van der Waals surface area contributed by atoms with Gasteiger partial charge < -0.3 is 0 Å². The zero-order valence-electron chi connectivity index (χ0n) is 8.62. The van der Waals surface area contributed by atoms with Gasteiger partial charge in [0.25, 0.3) is 0 Å². The van der Waals surface area contributed by atoms with E-state index in [-0.39, 0.29) is 32.7 Å². The summed E-state index contributed by atoms with van der Waals surface area (Å²) in [6, 6.07) is 1.49. The van der Waals surface area contributed by atoms with Crippen LogP contribution in [-0.2, 0) is 0 Å². The molecule has 0 saturated carbocycles. The fourth-order valence-corrected chi connectivity index (χ4v) is 2.45. The standard InChI is InChI=1S/C9H21Si.Sn/c1-6-7-8-10(5)9(2,3)4;/h6-8H2,1-5H3;. The van der Waals surface area contributed by atoms with E-state index in [1.165, 1.54) is 18.9 Å². The van der Waals surface area contributed by atoms with Gasteiger partial charge in [0.2, 0.25) is 0 Å². The van der Waals surface area contributed by atoms with Crippen LogP contribution in [0, 0.1) is 0 Å². The largest absolute Gasteiger partial charge is 0.0707 e. The Kier molecular flexibility index (Phi) is 8.62. The number of rotatable bonds is 3. The number of unbranched alkanes of at least 4 members (excludes halogenated alkanes) is 1. The third kappa shape index (κ3) is 7.38. The predicted octanol–water partition coefficient (Wildman–Crippen LogP) is 3.33. The molecule has 0 spiro atoms. The first-order valence-corrected chi connectivity index (χ1v) is 6.52. The van der Waals surface area contributed by atoms with E-state index in [2.05, 4.69) is 34.2 Å². The van der Waals surface area contributed by atoms with Crippen LogP contribution < -0.4 is 0 Å². The van der Waals surface area contributed by atoms with E-state index < -0.39 is 0 Å². The van der Waals surface area contributed by atoms with Crippen LogP contribution in [0.3, 0.4) is 0 Å². The van der Waals surface area contributed by atoms with Gasteiger partial charge in [0.05, 0.1) is 8.80 Å². The molecular weight excluding hydrogens is 255 g/mol. The zero-order chi connectivity index (χ0) is 8.20. The molecule has 0 unspecified atom stereocenters. The third-order valence-electron chi connectivity index (χ3n) is 2.19. The molecule has 0 bridgehead atoms. The Labute approximate surface area is 90.7 Å². The van der Waals surface area contributed by atoms with Crippen molar-refractivity contribution in [3.63, 3.8) is 0 Å². The van der Waals surface area contributed by atoms with Gasteiger partial charge in [0.15, 0.2) is 0 Å². The Balaban J connectivity index is 0. The molecule has 0 saturated heterocycles. The van der Waals surface area contributed by atoms with Crippen molar-refractivity contribution in [3.05, 3.63) is 0 Å². The second-order valence-electron chi connectivity index (χ2n) is 4.13. The fourth-order valence-electron chi connectivity index (χ4n) is 0.817. The van der Waals surface area contributed by atoms with E-state index in [0.717, 1.165) is 0 Å². The summed E-state index contributed by atoms with van der Waals surface area (Å²) in [7, 11) is -0.0678. The van der Waals surface area contributed by atoms with E-state index in [4.69, 9.17) is 0 Å². The van der Waals surface area contributed by atoms with Crippen molar-refractivity contribution in [1.82, 2.24) is 0 Å². The summed E-state index contributed by atoms with van der Waals surface area (Å²) in [5, 5.41) is 0.611. The van der Waals surface area contributed by atoms with Crippen LogP contribution in [0.2, 0.25) is 17.6 Å². The first-order chi connectivity index (χ1) is 4.48. The Morgan fingerprint density at radius 1 is 1.18 bits per heavy atom. The summed E-state index contributed by atoms with van der Waals surface area (Å²) in [6.45, 7) is 11.9. The van der Waals surface area contributed by atoms with Crippen molar-refractivity contribution in [2.45, 2.75) is 58.2 Å². The molecule has 0 aliphatic carbocycles. The number of hydrogen-bond acceptors (Lipinski definition) is 0. The van der Waals surface area contributed by atoms with Crippen molar-refractivity contribution in [3.8, 4) is 0 Å².